The Morgan fingerprint density at radius 3 is 2.48 bits per heavy atom. The molecule has 0 spiro atoms. The Morgan fingerprint density at radius 2 is 1.74 bits per heavy atom. The highest BCUT2D eigenvalue weighted by Gasteiger charge is 2.16. The molecule has 0 aliphatic rings. The number of nitrogens with one attached hydrogen (secondary N) is 2. The van der Waals surface area contributed by atoms with Gasteiger partial charge in [-0.1, -0.05) is 46.3 Å². The monoisotopic (exact) mass is 430 g/mol. The summed E-state index contributed by atoms with van der Waals surface area (Å²) in [6.07, 6.45) is -0.842. The van der Waals surface area contributed by atoms with Gasteiger partial charge in [-0.25, -0.2) is 4.39 Å². The van der Waals surface area contributed by atoms with Crippen LogP contribution in [0.2, 0.25) is 0 Å². The molecular formula is C20H16BrFN2O3. The number of hydrazine groups is 1. The van der Waals surface area contributed by atoms with Crippen LogP contribution in [-0.2, 0) is 4.79 Å². The van der Waals surface area contributed by atoms with Gasteiger partial charge in [-0.2, -0.15) is 0 Å². The van der Waals surface area contributed by atoms with E-state index in [4.69, 9.17) is 4.74 Å². The Labute approximate surface area is 163 Å². The summed E-state index contributed by atoms with van der Waals surface area (Å²) in [6.45, 7) is 1.56. The summed E-state index contributed by atoms with van der Waals surface area (Å²) < 4.78 is 19.4. The van der Waals surface area contributed by atoms with E-state index in [0.29, 0.717) is 10.2 Å². The Bertz CT molecular complexity index is 989. The number of amides is 2. The van der Waals surface area contributed by atoms with Crippen LogP contribution in [0.5, 0.6) is 5.75 Å². The first kappa shape index (κ1) is 18.8. The van der Waals surface area contributed by atoms with Gasteiger partial charge in [0, 0.05) is 10.0 Å². The van der Waals surface area contributed by atoms with E-state index in [-0.39, 0.29) is 5.56 Å². The molecule has 0 saturated carbocycles. The van der Waals surface area contributed by atoms with Gasteiger partial charge < -0.3 is 4.74 Å². The van der Waals surface area contributed by atoms with E-state index < -0.39 is 23.7 Å². The fourth-order valence-electron chi connectivity index (χ4n) is 2.48. The summed E-state index contributed by atoms with van der Waals surface area (Å²) in [5.41, 5.74) is 4.59. The van der Waals surface area contributed by atoms with Gasteiger partial charge in [0.15, 0.2) is 6.10 Å². The fraction of sp³-hybridized carbons (Fsp3) is 0.100. The molecule has 2 amide bonds. The number of carbonyl (C=O) groups is 2. The fourth-order valence-corrected chi connectivity index (χ4v) is 2.94. The highest BCUT2D eigenvalue weighted by molar-refractivity contribution is 9.10. The Morgan fingerprint density at radius 1 is 1.00 bits per heavy atom. The zero-order chi connectivity index (χ0) is 19.4. The molecule has 3 rings (SSSR count). The number of carbonyl (C=O) groups excluding carboxylic acids is 2. The molecule has 0 aromatic heterocycles. The first-order chi connectivity index (χ1) is 12.9. The summed E-state index contributed by atoms with van der Waals surface area (Å²) in [4.78, 5) is 24.2. The van der Waals surface area contributed by atoms with E-state index in [9.17, 15) is 14.0 Å². The molecule has 0 heterocycles. The zero-order valence-electron chi connectivity index (χ0n) is 14.3. The molecule has 1 atom stereocenters. The standard InChI is InChI=1S/C20H16BrFN2O3/c1-12(27-18-7-6-13-4-2-3-5-14(13)10-18)19(25)23-24-20(26)15-8-16(21)11-17(22)9-15/h2-12H,1H3,(H,23,25)(H,24,26). The van der Waals surface area contributed by atoms with Crippen molar-refractivity contribution in [1.82, 2.24) is 10.9 Å². The minimum Gasteiger partial charge on any atom is -0.481 e. The van der Waals surface area contributed by atoms with Crippen LogP contribution in [0.25, 0.3) is 10.8 Å². The first-order valence-corrected chi connectivity index (χ1v) is 8.93. The highest BCUT2D eigenvalue weighted by atomic mass is 79.9. The molecule has 0 saturated heterocycles. The van der Waals surface area contributed by atoms with Crippen molar-refractivity contribution in [3.8, 4) is 5.75 Å². The maximum Gasteiger partial charge on any atom is 0.279 e. The predicted octanol–water partition coefficient (Wildman–Crippen LogP) is 3.97. The molecule has 0 fully saturated rings. The van der Waals surface area contributed by atoms with Crippen LogP contribution in [0, 0.1) is 5.82 Å². The minimum atomic E-state index is -0.842. The van der Waals surface area contributed by atoms with Gasteiger partial charge in [0.1, 0.15) is 11.6 Å². The third-order valence-corrected chi connectivity index (χ3v) is 4.28. The highest BCUT2D eigenvalue weighted by Crippen LogP contribution is 2.21. The third-order valence-electron chi connectivity index (χ3n) is 3.83. The molecule has 138 valence electrons. The molecule has 7 heteroatoms. The van der Waals surface area contributed by atoms with E-state index >= 15 is 0 Å². The van der Waals surface area contributed by atoms with Crippen LogP contribution < -0.4 is 15.6 Å². The molecular weight excluding hydrogens is 415 g/mol. The second-order valence-corrected chi connectivity index (χ2v) is 6.79. The molecule has 2 N–H and O–H groups in total. The molecule has 0 bridgehead atoms. The number of benzene rings is 3. The predicted molar refractivity (Wildman–Crippen MR) is 104 cm³/mol. The number of ether oxygens (including phenoxy) is 1. The van der Waals surface area contributed by atoms with Crippen LogP contribution in [0.4, 0.5) is 4.39 Å². The summed E-state index contributed by atoms with van der Waals surface area (Å²) in [5, 5.41) is 2.06. The van der Waals surface area contributed by atoms with Crippen molar-refractivity contribution in [1.29, 1.82) is 0 Å². The maximum atomic E-state index is 13.4. The maximum absolute atomic E-state index is 13.4. The van der Waals surface area contributed by atoms with Crippen molar-refractivity contribution in [2.75, 3.05) is 0 Å². The van der Waals surface area contributed by atoms with E-state index in [2.05, 4.69) is 26.8 Å². The Hall–Kier alpha value is -2.93. The van der Waals surface area contributed by atoms with Crippen LogP contribution >= 0.6 is 15.9 Å². The van der Waals surface area contributed by atoms with Gasteiger partial charge in [0.25, 0.3) is 11.8 Å². The largest absolute Gasteiger partial charge is 0.481 e. The summed E-state index contributed by atoms with van der Waals surface area (Å²) in [5.74, 6) is -1.20. The second-order valence-electron chi connectivity index (χ2n) is 5.87. The lowest BCUT2D eigenvalue weighted by Crippen LogP contribution is -2.47. The van der Waals surface area contributed by atoms with Gasteiger partial charge >= 0.3 is 0 Å². The summed E-state index contributed by atoms with van der Waals surface area (Å²) in [6, 6.07) is 17.0. The van der Waals surface area contributed by atoms with Crippen molar-refractivity contribution in [2.24, 2.45) is 0 Å². The van der Waals surface area contributed by atoms with Gasteiger partial charge in [0.2, 0.25) is 0 Å². The lowest BCUT2D eigenvalue weighted by Gasteiger charge is -2.15. The molecule has 5 nitrogen and oxygen atoms in total. The molecule has 0 aliphatic carbocycles. The summed E-state index contributed by atoms with van der Waals surface area (Å²) in [7, 11) is 0. The van der Waals surface area contributed by atoms with Crippen LogP contribution in [0.1, 0.15) is 17.3 Å². The van der Waals surface area contributed by atoms with E-state index in [0.717, 1.165) is 16.8 Å². The van der Waals surface area contributed by atoms with E-state index in [1.807, 2.05) is 36.4 Å². The quantitative estimate of drug-likeness (QED) is 0.615. The smallest absolute Gasteiger partial charge is 0.279 e. The van der Waals surface area contributed by atoms with Crippen LogP contribution in [-0.4, -0.2) is 17.9 Å². The van der Waals surface area contributed by atoms with Crippen LogP contribution in [0.15, 0.2) is 65.1 Å². The number of fused-ring (bicyclic) bond motifs is 1. The zero-order valence-corrected chi connectivity index (χ0v) is 15.9. The van der Waals surface area contributed by atoms with Crippen molar-refractivity contribution in [2.45, 2.75) is 13.0 Å². The number of hydrogen-bond donors (Lipinski definition) is 2. The van der Waals surface area contributed by atoms with Crippen molar-refractivity contribution >= 4 is 38.5 Å². The lowest BCUT2D eigenvalue weighted by atomic mass is 10.1. The molecule has 0 radical (unpaired) electrons. The molecule has 27 heavy (non-hydrogen) atoms. The van der Waals surface area contributed by atoms with E-state index in [1.165, 1.54) is 12.1 Å². The Kier molecular flexibility index (Phi) is 5.71. The Balaban J connectivity index is 1.59. The number of hydrogen-bond acceptors (Lipinski definition) is 3. The van der Waals surface area contributed by atoms with Gasteiger partial charge in [-0.3, -0.25) is 20.4 Å². The van der Waals surface area contributed by atoms with Crippen LogP contribution in [0.3, 0.4) is 0 Å². The average molecular weight is 431 g/mol. The van der Waals surface area contributed by atoms with Gasteiger partial charge in [-0.05, 0) is 48.0 Å². The first-order valence-electron chi connectivity index (χ1n) is 8.14. The van der Waals surface area contributed by atoms with Crippen molar-refractivity contribution in [3.63, 3.8) is 0 Å². The SMILES string of the molecule is CC(Oc1ccc2ccccc2c1)C(=O)NNC(=O)c1cc(F)cc(Br)c1. The topological polar surface area (TPSA) is 67.4 Å². The lowest BCUT2D eigenvalue weighted by molar-refractivity contribution is -0.128. The van der Waals surface area contributed by atoms with Gasteiger partial charge in [0.05, 0.1) is 0 Å². The number of rotatable bonds is 4. The van der Waals surface area contributed by atoms with Crippen molar-refractivity contribution < 1.29 is 18.7 Å². The molecule has 0 aliphatic heterocycles. The number of halogens is 2. The molecule has 3 aromatic rings. The van der Waals surface area contributed by atoms with E-state index in [1.54, 1.807) is 13.0 Å². The summed E-state index contributed by atoms with van der Waals surface area (Å²) >= 11 is 3.11. The van der Waals surface area contributed by atoms with Crippen molar-refractivity contribution in [3.05, 3.63) is 76.5 Å². The third kappa shape index (κ3) is 4.83. The average Bonchev–Trinajstić information content (AvgIpc) is 2.64. The normalized spacial score (nSPS) is 11.7. The molecule has 3 aromatic carbocycles. The minimum absolute atomic E-state index is 0.0743. The van der Waals surface area contributed by atoms with Gasteiger partial charge in [-0.15, -0.1) is 0 Å². The molecule has 1 unspecified atom stereocenters. The second kappa shape index (κ2) is 8.18.